The lowest BCUT2D eigenvalue weighted by atomic mass is 9.80. The Labute approximate surface area is 224 Å². The molecule has 0 saturated heterocycles. The molecule has 0 bridgehead atoms. The Balaban J connectivity index is 1.42. The maximum atomic E-state index is 5.40. The number of rotatable bonds is 2. The van der Waals surface area contributed by atoms with Crippen LogP contribution in [0.25, 0.3) is 11.1 Å². The minimum Gasteiger partial charge on any atom is -0.301 e. The third-order valence-corrected chi connectivity index (χ3v) is 10.0. The van der Waals surface area contributed by atoms with Gasteiger partial charge in [0.25, 0.3) is 0 Å². The zero-order valence-electron chi connectivity index (χ0n) is 22.3. The number of anilines is 4. The van der Waals surface area contributed by atoms with E-state index in [0.717, 1.165) is 30.2 Å². The molecule has 3 aromatic carbocycles. The lowest BCUT2D eigenvalue weighted by Crippen LogP contribution is -2.50. The van der Waals surface area contributed by atoms with Gasteiger partial charge in [0.05, 0.1) is 11.4 Å². The van der Waals surface area contributed by atoms with Crippen LogP contribution in [0, 0.1) is 12.3 Å². The van der Waals surface area contributed by atoms with Crippen molar-refractivity contribution in [1.29, 1.82) is 0 Å². The first kappa shape index (κ1) is 22.1. The first-order valence-corrected chi connectivity index (χ1v) is 13.9. The van der Waals surface area contributed by atoms with Crippen LogP contribution in [-0.2, 0) is 18.3 Å². The van der Waals surface area contributed by atoms with E-state index in [0.29, 0.717) is 0 Å². The molecule has 0 radical (unpaired) electrons. The molecule has 1 saturated carbocycles. The highest BCUT2D eigenvalue weighted by Gasteiger charge is 2.76. The number of para-hydroxylation sites is 1. The van der Waals surface area contributed by atoms with Crippen LogP contribution in [0.5, 0.6) is 0 Å². The van der Waals surface area contributed by atoms with Crippen LogP contribution in [0.4, 0.5) is 23.0 Å². The highest BCUT2D eigenvalue weighted by molar-refractivity contribution is 5.92. The van der Waals surface area contributed by atoms with Gasteiger partial charge in [0.1, 0.15) is 6.17 Å². The monoisotopic (exact) mass is 496 g/mol. The van der Waals surface area contributed by atoms with E-state index in [1.165, 1.54) is 57.7 Å². The topological polar surface area (TPSA) is 32.3 Å². The lowest BCUT2D eigenvalue weighted by molar-refractivity contribution is 0.376. The summed E-state index contributed by atoms with van der Waals surface area (Å²) >= 11 is 0. The standard InChI is InChI=1S/C34H32N4/c1-21-12-8-9-15-25(21)23-18-19-26-29(20-23)38-31-30(35-27-16-10-11-17-28(27)36-31)37(24-13-6-5-7-14-24)32(38)34(4)22(2)33(26,34)3/h5-9,12-15,18-20,32H,2,10-11,16-17H2,1,3-4H3. The normalized spacial score (nSPS) is 26.3. The van der Waals surface area contributed by atoms with E-state index in [1.54, 1.807) is 0 Å². The van der Waals surface area contributed by atoms with Crippen molar-refractivity contribution in [2.75, 3.05) is 9.80 Å². The van der Waals surface area contributed by atoms with E-state index in [1.807, 2.05) is 0 Å². The summed E-state index contributed by atoms with van der Waals surface area (Å²) in [6, 6.07) is 26.4. The maximum absolute atomic E-state index is 5.40. The molecule has 0 spiro atoms. The fourth-order valence-electron chi connectivity index (χ4n) is 7.63. The van der Waals surface area contributed by atoms with Gasteiger partial charge in [0.2, 0.25) is 0 Å². The Morgan fingerprint density at radius 3 is 2.18 bits per heavy atom. The number of hydrogen-bond acceptors (Lipinski definition) is 4. The van der Waals surface area contributed by atoms with E-state index < -0.39 is 0 Å². The molecule has 2 aliphatic heterocycles. The summed E-state index contributed by atoms with van der Waals surface area (Å²) in [5.74, 6) is 1.98. The van der Waals surface area contributed by atoms with Crippen molar-refractivity contribution in [1.82, 2.24) is 9.97 Å². The molecule has 8 rings (SSSR count). The zero-order valence-corrected chi connectivity index (χ0v) is 22.3. The van der Waals surface area contributed by atoms with Gasteiger partial charge >= 0.3 is 0 Å². The van der Waals surface area contributed by atoms with Crippen molar-refractivity contribution in [2.45, 2.75) is 58.0 Å². The molecule has 0 N–H and O–H groups in total. The molecular weight excluding hydrogens is 464 g/mol. The third kappa shape index (κ3) is 2.56. The van der Waals surface area contributed by atoms with E-state index in [4.69, 9.17) is 9.97 Å². The minimum atomic E-state index is -0.136. The molecular formula is C34H32N4. The van der Waals surface area contributed by atoms with Crippen LogP contribution in [0.2, 0.25) is 0 Å². The first-order valence-electron chi connectivity index (χ1n) is 13.9. The number of fused-ring (bicyclic) bond motifs is 9. The average molecular weight is 497 g/mol. The van der Waals surface area contributed by atoms with Crippen molar-refractivity contribution >= 4 is 23.0 Å². The van der Waals surface area contributed by atoms with Crippen LogP contribution < -0.4 is 9.80 Å². The van der Waals surface area contributed by atoms with E-state index in [-0.39, 0.29) is 17.0 Å². The summed E-state index contributed by atoms with van der Waals surface area (Å²) in [6.07, 6.45) is 4.43. The molecule has 3 unspecified atom stereocenters. The summed E-state index contributed by atoms with van der Waals surface area (Å²) < 4.78 is 0. The molecule has 4 heteroatoms. The second kappa shape index (κ2) is 7.35. The largest absolute Gasteiger partial charge is 0.301 e. The summed E-state index contributed by atoms with van der Waals surface area (Å²) in [5, 5.41) is 0. The van der Waals surface area contributed by atoms with Gasteiger partial charge in [-0.2, -0.15) is 0 Å². The Hall–Kier alpha value is -3.92. The molecule has 1 aromatic heterocycles. The van der Waals surface area contributed by atoms with Gasteiger partial charge in [-0.15, -0.1) is 0 Å². The molecule has 4 aromatic rings. The fraction of sp³-hybridized carbons (Fsp3) is 0.294. The second-order valence-electron chi connectivity index (χ2n) is 11.8. The smallest absolute Gasteiger partial charge is 0.178 e. The number of benzene rings is 3. The Kier molecular flexibility index (Phi) is 4.27. The van der Waals surface area contributed by atoms with Gasteiger partial charge in [0, 0.05) is 22.2 Å². The molecule has 1 fully saturated rings. The van der Waals surface area contributed by atoms with Crippen molar-refractivity contribution < 1.29 is 0 Å². The summed E-state index contributed by atoms with van der Waals surface area (Å²) in [6.45, 7) is 11.7. The third-order valence-electron chi connectivity index (χ3n) is 10.0. The molecule has 38 heavy (non-hydrogen) atoms. The molecule has 2 aliphatic carbocycles. The quantitative estimate of drug-likeness (QED) is 0.265. The van der Waals surface area contributed by atoms with Crippen LogP contribution in [0.3, 0.4) is 0 Å². The number of nitrogens with zero attached hydrogens (tertiary/aromatic N) is 4. The van der Waals surface area contributed by atoms with Gasteiger partial charge < -0.3 is 9.80 Å². The summed E-state index contributed by atoms with van der Waals surface area (Å²) in [4.78, 5) is 15.7. The van der Waals surface area contributed by atoms with Gasteiger partial charge in [-0.05, 0) is 73.1 Å². The zero-order chi connectivity index (χ0) is 25.8. The van der Waals surface area contributed by atoms with Crippen LogP contribution >= 0.6 is 0 Å². The van der Waals surface area contributed by atoms with Crippen molar-refractivity contribution in [3.05, 3.63) is 107 Å². The average Bonchev–Trinajstić information content (AvgIpc) is 3.23. The molecule has 4 nitrogen and oxygen atoms in total. The van der Waals surface area contributed by atoms with Crippen LogP contribution in [0.1, 0.15) is 49.2 Å². The van der Waals surface area contributed by atoms with Crippen LogP contribution in [-0.4, -0.2) is 16.1 Å². The van der Waals surface area contributed by atoms with Gasteiger partial charge in [-0.1, -0.05) is 80.6 Å². The van der Waals surface area contributed by atoms with E-state index >= 15 is 0 Å². The maximum Gasteiger partial charge on any atom is 0.178 e. The lowest BCUT2D eigenvalue weighted by Gasteiger charge is -2.43. The molecule has 4 aliphatic rings. The van der Waals surface area contributed by atoms with E-state index in [9.17, 15) is 0 Å². The van der Waals surface area contributed by atoms with Crippen molar-refractivity contribution in [3.8, 4) is 11.1 Å². The summed E-state index contributed by atoms with van der Waals surface area (Å²) in [7, 11) is 0. The Bertz CT molecular complexity index is 1660. The fourth-order valence-corrected chi connectivity index (χ4v) is 7.63. The highest BCUT2D eigenvalue weighted by atomic mass is 15.5. The Morgan fingerprint density at radius 2 is 1.47 bits per heavy atom. The second-order valence-corrected chi connectivity index (χ2v) is 11.8. The first-order chi connectivity index (χ1) is 18.4. The van der Waals surface area contributed by atoms with Crippen LogP contribution in [0.15, 0.2) is 84.9 Å². The Morgan fingerprint density at radius 1 is 0.816 bits per heavy atom. The SMILES string of the molecule is C=C1C2(C)c3ccc(-c4ccccc4C)cc3N3c4nc5c(nc4N(c4ccccc4)C3C12C)CCCC5. The minimum absolute atomic E-state index is 0.0286. The molecule has 3 heterocycles. The molecule has 0 amide bonds. The van der Waals surface area contributed by atoms with E-state index in [2.05, 4.69) is 110 Å². The predicted octanol–water partition coefficient (Wildman–Crippen LogP) is 7.79. The van der Waals surface area contributed by atoms with Gasteiger partial charge in [-0.3, -0.25) is 0 Å². The number of aromatic nitrogens is 2. The number of hydrogen-bond donors (Lipinski definition) is 0. The molecule has 3 atom stereocenters. The predicted molar refractivity (Wildman–Crippen MR) is 154 cm³/mol. The highest BCUT2D eigenvalue weighted by Crippen LogP contribution is 2.77. The molecule has 188 valence electrons. The van der Waals surface area contributed by atoms with Crippen molar-refractivity contribution in [2.24, 2.45) is 5.41 Å². The summed E-state index contributed by atoms with van der Waals surface area (Å²) in [5.41, 5.74) is 10.9. The van der Waals surface area contributed by atoms with Gasteiger partial charge in [-0.25, -0.2) is 9.97 Å². The van der Waals surface area contributed by atoms with Gasteiger partial charge in [0.15, 0.2) is 11.6 Å². The number of aryl methyl sites for hydroxylation is 3. The van der Waals surface area contributed by atoms with Crippen molar-refractivity contribution in [3.63, 3.8) is 0 Å².